The molecule has 0 aliphatic carbocycles. The zero-order valence-electron chi connectivity index (χ0n) is 9.86. The summed E-state index contributed by atoms with van der Waals surface area (Å²) in [6, 6.07) is -0.106. The van der Waals surface area contributed by atoms with Gasteiger partial charge in [-0.1, -0.05) is 6.92 Å². The number of aromatic amines is 1. The number of rotatable bonds is 6. The van der Waals surface area contributed by atoms with Crippen LogP contribution in [0.15, 0.2) is 12.4 Å². The molecule has 0 bridgehead atoms. The Bertz CT molecular complexity index is 308. The highest BCUT2D eigenvalue weighted by Gasteiger charge is 2.15. The molecular weight excluding hydrogens is 204 g/mol. The summed E-state index contributed by atoms with van der Waals surface area (Å²) in [5.74, 6) is 0.840. The van der Waals surface area contributed by atoms with E-state index in [1.807, 2.05) is 13.8 Å². The Balaban J connectivity index is 2.13. The van der Waals surface area contributed by atoms with Gasteiger partial charge in [0.05, 0.1) is 0 Å². The van der Waals surface area contributed by atoms with Crippen LogP contribution >= 0.6 is 0 Å². The fourth-order valence-electron chi connectivity index (χ4n) is 1.30. The lowest BCUT2D eigenvalue weighted by atomic mass is 10.0. The first-order chi connectivity index (χ1) is 7.61. The largest absolute Gasteiger partial charge is 0.356 e. The molecule has 16 heavy (non-hydrogen) atoms. The Morgan fingerprint density at radius 1 is 1.62 bits per heavy atom. The summed E-state index contributed by atoms with van der Waals surface area (Å²) >= 11 is 0. The second-order valence-corrected chi connectivity index (χ2v) is 4.08. The molecule has 1 aromatic heterocycles. The summed E-state index contributed by atoms with van der Waals surface area (Å²) < 4.78 is 0. The van der Waals surface area contributed by atoms with Crippen LogP contribution in [0.4, 0.5) is 0 Å². The Kier molecular flexibility index (Phi) is 4.98. The number of hydrogen-bond acceptors (Lipinski definition) is 3. The Hall–Kier alpha value is -1.36. The van der Waals surface area contributed by atoms with Crippen molar-refractivity contribution in [3.05, 3.63) is 18.2 Å². The molecule has 5 heteroatoms. The minimum absolute atomic E-state index is 0.0226. The summed E-state index contributed by atoms with van der Waals surface area (Å²) in [6.07, 6.45) is 5.25. The van der Waals surface area contributed by atoms with Gasteiger partial charge < -0.3 is 16.0 Å². The van der Waals surface area contributed by atoms with Gasteiger partial charge in [-0.15, -0.1) is 0 Å². The van der Waals surface area contributed by atoms with Crippen molar-refractivity contribution >= 4 is 5.91 Å². The van der Waals surface area contributed by atoms with Gasteiger partial charge in [0.1, 0.15) is 5.82 Å². The van der Waals surface area contributed by atoms with Crippen molar-refractivity contribution in [2.45, 2.75) is 32.7 Å². The predicted molar refractivity (Wildman–Crippen MR) is 62.7 cm³/mol. The van der Waals surface area contributed by atoms with Gasteiger partial charge >= 0.3 is 0 Å². The van der Waals surface area contributed by atoms with E-state index in [1.165, 1.54) is 0 Å². The number of nitrogens with two attached hydrogens (primary N) is 1. The highest BCUT2D eigenvalue weighted by atomic mass is 16.1. The molecule has 1 aromatic rings. The number of carbonyl (C=O) groups is 1. The van der Waals surface area contributed by atoms with Gasteiger partial charge in [0, 0.05) is 37.3 Å². The van der Waals surface area contributed by atoms with Crippen molar-refractivity contribution in [2.75, 3.05) is 6.54 Å². The highest BCUT2D eigenvalue weighted by molar-refractivity contribution is 5.78. The van der Waals surface area contributed by atoms with Crippen molar-refractivity contribution < 1.29 is 4.79 Å². The molecule has 90 valence electrons. The van der Waals surface area contributed by atoms with E-state index in [4.69, 9.17) is 5.73 Å². The van der Waals surface area contributed by atoms with E-state index in [0.29, 0.717) is 6.54 Å². The first-order valence-electron chi connectivity index (χ1n) is 5.63. The molecule has 1 heterocycles. The average molecular weight is 224 g/mol. The molecule has 0 saturated carbocycles. The summed E-state index contributed by atoms with van der Waals surface area (Å²) in [5.41, 5.74) is 5.64. The maximum absolute atomic E-state index is 11.5. The molecule has 4 N–H and O–H groups in total. The first-order valence-corrected chi connectivity index (χ1v) is 5.63. The van der Waals surface area contributed by atoms with Crippen LogP contribution in [-0.2, 0) is 11.2 Å². The van der Waals surface area contributed by atoms with Crippen molar-refractivity contribution in [1.29, 1.82) is 0 Å². The molecule has 0 radical (unpaired) electrons. The maximum Gasteiger partial charge on any atom is 0.224 e. The predicted octanol–water partition coefficient (Wildman–Crippen LogP) is 0.442. The van der Waals surface area contributed by atoms with Crippen molar-refractivity contribution in [1.82, 2.24) is 15.3 Å². The Labute approximate surface area is 95.8 Å². The second-order valence-electron chi connectivity index (χ2n) is 4.08. The normalized spacial score (nSPS) is 14.4. The number of aromatic nitrogens is 2. The molecule has 2 unspecified atom stereocenters. The topological polar surface area (TPSA) is 83.8 Å². The lowest BCUT2D eigenvalue weighted by molar-refractivity contribution is -0.124. The quantitative estimate of drug-likeness (QED) is 0.613. The number of imidazole rings is 1. The highest BCUT2D eigenvalue weighted by Crippen LogP contribution is 1.99. The third-order valence-corrected chi connectivity index (χ3v) is 2.65. The maximum atomic E-state index is 11.5. The molecule has 2 atom stereocenters. The molecule has 1 amide bonds. The summed E-state index contributed by atoms with van der Waals surface area (Å²) in [6.45, 7) is 4.34. The number of H-pyrrole nitrogens is 1. The van der Waals surface area contributed by atoms with Crippen molar-refractivity contribution in [3.8, 4) is 0 Å². The number of nitrogens with one attached hydrogen (secondary N) is 2. The number of hydrogen-bond donors (Lipinski definition) is 3. The van der Waals surface area contributed by atoms with E-state index >= 15 is 0 Å². The fraction of sp³-hybridized carbons (Fsp3) is 0.636. The van der Waals surface area contributed by atoms with Crippen LogP contribution in [-0.4, -0.2) is 28.5 Å². The molecule has 0 spiro atoms. The fourth-order valence-corrected chi connectivity index (χ4v) is 1.30. The number of aryl methyl sites for hydroxylation is 1. The summed E-state index contributed by atoms with van der Waals surface area (Å²) in [5, 5.41) is 2.87. The van der Waals surface area contributed by atoms with Crippen molar-refractivity contribution in [2.24, 2.45) is 11.7 Å². The smallest absolute Gasteiger partial charge is 0.224 e. The van der Waals surface area contributed by atoms with Gasteiger partial charge in [-0.05, 0) is 13.3 Å². The van der Waals surface area contributed by atoms with Crippen molar-refractivity contribution in [3.63, 3.8) is 0 Å². The average Bonchev–Trinajstić information content (AvgIpc) is 2.75. The lowest BCUT2D eigenvalue weighted by Gasteiger charge is -2.14. The number of nitrogens with zero attached hydrogens (tertiary/aromatic N) is 1. The Morgan fingerprint density at radius 3 is 2.94 bits per heavy atom. The van der Waals surface area contributed by atoms with Gasteiger partial charge in [-0.3, -0.25) is 4.79 Å². The van der Waals surface area contributed by atoms with Gasteiger partial charge in [-0.2, -0.15) is 0 Å². The number of carbonyl (C=O) groups excluding carboxylic acids is 1. The van der Waals surface area contributed by atoms with Crippen LogP contribution in [0.3, 0.4) is 0 Å². The molecule has 0 fully saturated rings. The summed E-state index contributed by atoms with van der Waals surface area (Å²) in [4.78, 5) is 18.7. The second kappa shape index (κ2) is 6.27. The Morgan fingerprint density at radius 2 is 2.38 bits per heavy atom. The lowest BCUT2D eigenvalue weighted by Crippen LogP contribution is -2.39. The van der Waals surface area contributed by atoms with Crippen LogP contribution in [0.2, 0.25) is 0 Å². The van der Waals surface area contributed by atoms with Crippen LogP contribution in [0.25, 0.3) is 0 Å². The standard InChI is InChI=1S/C11H20N4O/c1-8(9(2)12)11(16)15-5-3-4-10-13-6-7-14-10/h6-9H,3-5,12H2,1-2H3,(H,13,14)(H,15,16). The first kappa shape index (κ1) is 12.7. The molecule has 5 nitrogen and oxygen atoms in total. The van der Waals surface area contributed by atoms with Gasteiger partial charge in [0.2, 0.25) is 5.91 Å². The van der Waals surface area contributed by atoms with E-state index in [1.54, 1.807) is 12.4 Å². The zero-order chi connectivity index (χ0) is 12.0. The SMILES string of the molecule is CC(N)C(C)C(=O)NCCCc1ncc[nH]1. The molecule has 0 saturated heterocycles. The third-order valence-electron chi connectivity index (χ3n) is 2.65. The van der Waals surface area contributed by atoms with E-state index in [0.717, 1.165) is 18.7 Å². The summed E-state index contributed by atoms with van der Waals surface area (Å²) in [7, 11) is 0. The van der Waals surface area contributed by atoms with E-state index in [2.05, 4.69) is 15.3 Å². The van der Waals surface area contributed by atoms with Crippen LogP contribution < -0.4 is 11.1 Å². The molecule has 0 aliphatic rings. The number of amides is 1. The van der Waals surface area contributed by atoms with E-state index < -0.39 is 0 Å². The van der Waals surface area contributed by atoms with E-state index in [-0.39, 0.29) is 17.9 Å². The molecule has 1 rings (SSSR count). The molecular formula is C11H20N4O. The van der Waals surface area contributed by atoms with Gasteiger partial charge in [0.25, 0.3) is 0 Å². The van der Waals surface area contributed by atoms with Crippen LogP contribution in [0.5, 0.6) is 0 Å². The van der Waals surface area contributed by atoms with Gasteiger partial charge in [0.15, 0.2) is 0 Å². The minimum Gasteiger partial charge on any atom is -0.356 e. The molecule has 0 aliphatic heterocycles. The van der Waals surface area contributed by atoms with E-state index in [9.17, 15) is 4.79 Å². The third kappa shape index (κ3) is 4.02. The monoisotopic (exact) mass is 224 g/mol. The van der Waals surface area contributed by atoms with Crippen LogP contribution in [0, 0.1) is 5.92 Å². The van der Waals surface area contributed by atoms with Gasteiger partial charge in [-0.25, -0.2) is 4.98 Å². The minimum atomic E-state index is -0.136. The van der Waals surface area contributed by atoms with Crippen LogP contribution in [0.1, 0.15) is 26.1 Å². The zero-order valence-corrected chi connectivity index (χ0v) is 9.86. The molecule has 0 aromatic carbocycles.